The van der Waals surface area contributed by atoms with E-state index >= 15 is 0 Å². The van der Waals surface area contributed by atoms with Crippen LogP contribution >= 0.6 is 11.8 Å². The maximum absolute atomic E-state index is 13.8. The molecule has 2 nitrogen and oxygen atoms in total. The topological polar surface area (TPSA) is 21.3 Å². The lowest BCUT2D eigenvalue weighted by Crippen LogP contribution is -2.30. The Kier molecular flexibility index (Phi) is 6.37. The predicted molar refractivity (Wildman–Crippen MR) is 72.3 cm³/mol. The summed E-state index contributed by atoms with van der Waals surface area (Å²) in [5.41, 5.74) is 0.656. The zero-order chi connectivity index (χ0) is 12.7. The number of hydrogen-bond donors (Lipinski definition) is 1. The minimum absolute atomic E-state index is 0.262. The molecule has 0 radical (unpaired) electrons. The van der Waals surface area contributed by atoms with E-state index in [4.69, 9.17) is 4.74 Å². The van der Waals surface area contributed by atoms with Gasteiger partial charge in [0, 0.05) is 23.9 Å². The molecular weight excluding hydrogens is 237 g/mol. The predicted octanol–water partition coefficient (Wildman–Crippen LogP) is 3.07. The van der Waals surface area contributed by atoms with Crippen molar-refractivity contribution in [3.8, 4) is 5.75 Å². The zero-order valence-electron chi connectivity index (χ0n) is 10.6. The Labute approximate surface area is 107 Å². The summed E-state index contributed by atoms with van der Waals surface area (Å²) >= 11 is 1.80. The van der Waals surface area contributed by atoms with E-state index in [2.05, 4.69) is 18.5 Å². The van der Waals surface area contributed by atoms with Crippen LogP contribution in [-0.4, -0.2) is 25.2 Å². The first kappa shape index (κ1) is 14.3. The molecule has 0 fully saturated rings. The Balaban J connectivity index is 2.62. The van der Waals surface area contributed by atoms with Gasteiger partial charge in [-0.3, -0.25) is 0 Å². The summed E-state index contributed by atoms with van der Waals surface area (Å²) in [6, 6.07) is 5.67. The van der Waals surface area contributed by atoms with Crippen molar-refractivity contribution in [2.45, 2.75) is 25.9 Å². The number of benzene rings is 1. The molecule has 96 valence electrons. The fraction of sp³-hybridized carbons (Fsp3) is 0.538. The monoisotopic (exact) mass is 257 g/mol. The van der Waals surface area contributed by atoms with Crippen LogP contribution in [0.25, 0.3) is 0 Å². The summed E-state index contributed by atoms with van der Waals surface area (Å²) in [7, 11) is 1.48. The van der Waals surface area contributed by atoms with Crippen LogP contribution in [-0.2, 0) is 6.54 Å². The summed E-state index contributed by atoms with van der Waals surface area (Å²) in [5, 5.41) is 3.36. The van der Waals surface area contributed by atoms with Gasteiger partial charge < -0.3 is 10.1 Å². The molecule has 0 aliphatic rings. The number of halogens is 1. The number of methoxy groups -OCH3 is 1. The number of nitrogens with one attached hydrogen (secondary N) is 1. The van der Waals surface area contributed by atoms with Gasteiger partial charge >= 0.3 is 0 Å². The third-order valence-electron chi connectivity index (χ3n) is 2.71. The van der Waals surface area contributed by atoms with Crippen molar-refractivity contribution in [3.05, 3.63) is 29.6 Å². The Bertz CT molecular complexity index is 346. The lowest BCUT2D eigenvalue weighted by Gasteiger charge is -2.16. The van der Waals surface area contributed by atoms with Gasteiger partial charge in [0.15, 0.2) is 11.6 Å². The van der Waals surface area contributed by atoms with Crippen LogP contribution in [0.1, 0.15) is 18.9 Å². The van der Waals surface area contributed by atoms with Crippen molar-refractivity contribution in [3.63, 3.8) is 0 Å². The summed E-state index contributed by atoms with van der Waals surface area (Å²) in [4.78, 5) is 0. The molecule has 0 amide bonds. The van der Waals surface area contributed by atoms with E-state index in [1.807, 2.05) is 6.07 Å². The summed E-state index contributed by atoms with van der Waals surface area (Å²) in [6.07, 6.45) is 3.13. The number of thioether (sulfide) groups is 1. The Morgan fingerprint density at radius 2 is 2.24 bits per heavy atom. The fourth-order valence-electron chi connectivity index (χ4n) is 1.63. The van der Waals surface area contributed by atoms with E-state index < -0.39 is 0 Å². The molecule has 0 bridgehead atoms. The van der Waals surface area contributed by atoms with E-state index in [0.717, 1.165) is 12.2 Å². The van der Waals surface area contributed by atoms with E-state index in [-0.39, 0.29) is 5.82 Å². The zero-order valence-corrected chi connectivity index (χ0v) is 11.4. The number of rotatable bonds is 7. The van der Waals surface area contributed by atoms with Gasteiger partial charge in [-0.25, -0.2) is 4.39 Å². The third-order valence-corrected chi connectivity index (χ3v) is 3.44. The minimum Gasteiger partial charge on any atom is -0.494 e. The van der Waals surface area contributed by atoms with E-state index in [1.54, 1.807) is 23.9 Å². The van der Waals surface area contributed by atoms with E-state index in [9.17, 15) is 4.39 Å². The normalized spacial score (nSPS) is 12.5. The average molecular weight is 257 g/mol. The molecule has 0 spiro atoms. The van der Waals surface area contributed by atoms with E-state index in [1.165, 1.54) is 7.11 Å². The molecule has 1 atom stereocenters. The van der Waals surface area contributed by atoms with Gasteiger partial charge in [-0.15, -0.1) is 0 Å². The smallest absolute Gasteiger partial charge is 0.169 e. The second kappa shape index (κ2) is 7.56. The molecule has 0 aliphatic carbocycles. The highest BCUT2D eigenvalue weighted by Gasteiger charge is 2.10. The SMILES string of the molecule is CCC(CSC)NCc1cccc(OC)c1F. The lowest BCUT2D eigenvalue weighted by molar-refractivity contribution is 0.382. The van der Waals surface area contributed by atoms with Gasteiger partial charge in [-0.05, 0) is 18.7 Å². The molecule has 0 aliphatic heterocycles. The van der Waals surface area contributed by atoms with Gasteiger partial charge in [0.05, 0.1) is 7.11 Å². The van der Waals surface area contributed by atoms with Gasteiger partial charge in [-0.2, -0.15) is 11.8 Å². The first-order chi connectivity index (χ1) is 8.22. The third kappa shape index (κ3) is 4.21. The molecule has 0 aromatic heterocycles. The molecule has 0 heterocycles. The quantitative estimate of drug-likeness (QED) is 0.811. The van der Waals surface area contributed by atoms with Gasteiger partial charge in [0.25, 0.3) is 0 Å². The summed E-state index contributed by atoms with van der Waals surface area (Å²) in [6.45, 7) is 2.68. The number of ether oxygens (including phenoxy) is 1. The van der Waals surface area contributed by atoms with Gasteiger partial charge in [0.1, 0.15) is 0 Å². The van der Waals surface area contributed by atoms with Crippen molar-refractivity contribution < 1.29 is 9.13 Å². The van der Waals surface area contributed by atoms with E-state index in [0.29, 0.717) is 23.9 Å². The highest BCUT2D eigenvalue weighted by Crippen LogP contribution is 2.19. The minimum atomic E-state index is -0.262. The van der Waals surface area contributed by atoms with Crippen LogP contribution in [0.3, 0.4) is 0 Å². The highest BCUT2D eigenvalue weighted by molar-refractivity contribution is 7.98. The van der Waals surface area contributed by atoms with Crippen molar-refractivity contribution in [1.29, 1.82) is 0 Å². The second-order valence-electron chi connectivity index (χ2n) is 3.87. The Morgan fingerprint density at radius 3 is 2.82 bits per heavy atom. The Morgan fingerprint density at radius 1 is 1.47 bits per heavy atom. The standard InChI is InChI=1S/C13H20FNOS/c1-4-11(9-17-3)15-8-10-6-5-7-12(16-2)13(10)14/h5-7,11,15H,4,8-9H2,1-3H3. The molecule has 1 aromatic carbocycles. The highest BCUT2D eigenvalue weighted by atomic mass is 32.2. The molecule has 0 saturated carbocycles. The molecule has 17 heavy (non-hydrogen) atoms. The maximum atomic E-state index is 13.8. The number of hydrogen-bond acceptors (Lipinski definition) is 3. The molecule has 1 rings (SSSR count). The molecule has 1 unspecified atom stereocenters. The van der Waals surface area contributed by atoms with Crippen LogP contribution in [0, 0.1) is 5.82 Å². The lowest BCUT2D eigenvalue weighted by atomic mass is 10.1. The van der Waals surface area contributed by atoms with Crippen molar-refractivity contribution in [2.75, 3.05) is 19.1 Å². The fourth-order valence-corrected chi connectivity index (χ4v) is 2.38. The summed E-state index contributed by atoms with van der Waals surface area (Å²) in [5.74, 6) is 1.09. The molecule has 0 saturated heterocycles. The average Bonchev–Trinajstić information content (AvgIpc) is 2.36. The van der Waals surface area contributed by atoms with Crippen molar-refractivity contribution in [2.24, 2.45) is 0 Å². The van der Waals surface area contributed by atoms with Crippen LogP contribution < -0.4 is 10.1 Å². The molecule has 4 heteroatoms. The van der Waals surface area contributed by atoms with Crippen LogP contribution in [0.15, 0.2) is 18.2 Å². The molecular formula is C13H20FNOS. The Hall–Kier alpha value is -0.740. The molecule has 1 N–H and O–H groups in total. The van der Waals surface area contributed by atoms with Gasteiger partial charge in [0.2, 0.25) is 0 Å². The molecule has 1 aromatic rings. The van der Waals surface area contributed by atoms with Crippen LogP contribution in [0.5, 0.6) is 5.75 Å². The first-order valence-corrected chi connectivity index (χ1v) is 7.16. The van der Waals surface area contributed by atoms with Crippen LogP contribution in [0.2, 0.25) is 0 Å². The summed E-state index contributed by atoms with van der Waals surface area (Å²) < 4.78 is 18.8. The van der Waals surface area contributed by atoms with Crippen molar-refractivity contribution in [1.82, 2.24) is 5.32 Å². The largest absolute Gasteiger partial charge is 0.494 e. The van der Waals surface area contributed by atoms with Crippen LogP contribution in [0.4, 0.5) is 4.39 Å². The maximum Gasteiger partial charge on any atom is 0.169 e. The van der Waals surface area contributed by atoms with Crippen molar-refractivity contribution >= 4 is 11.8 Å². The first-order valence-electron chi connectivity index (χ1n) is 5.76. The van der Waals surface area contributed by atoms with Gasteiger partial charge in [-0.1, -0.05) is 19.1 Å². The second-order valence-corrected chi connectivity index (χ2v) is 4.79.